The highest BCUT2D eigenvalue weighted by molar-refractivity contribution is 9.09. The van der Waals surface area contributed by atoms with Gasteiger partial charge in [-0.15, -0.1) is 0 Å². The summed E-state index contributed by atoms with van der Waals surface area (Å²) in [7, 11) is 0. The molecule has 6 nitrogen and oxygen atoms in total. The summed E-state index contributed by atoms with van der Waals surface area (Å²) in [6, 6.07) is 14.3. The SMILES string of the molecule is N#CC1(C#N)C[C@]2(O)NC(=O)[C@]1(C#N)[C@@H](c1ccccc1)[C@@H]2Br. The summed E-state index contributed by atoms with van der Waals surface area (Å²) in [5, 5.41) is 42.3. The van der Waals surface area contributed by atoms with Crippen LogP contribution < -0.4 is 5.32 Å². The van der Waals surface area contributed by atoms with Gasteiger partial charge >= 0.3 is 0 Å². The van der Waals surface area contributed by atoms with Crippen molar-refractivity contribution in [1.29, 1.82) is 15.8 Å². The molecule has 2 heterocycles. The number of fused-ring (bicyclic) bond motifs is 3. The van der Waals surface area contributed by atoms with Crippen molar-refractivity contribution >= 4 is 21.8 Å². The van der Waals surface area contributed by atoms with Crippen molar-refractivity contribution in [2.75, 3.05) is 0 Å². The van der Waals surface area contributed by atoms with Gasteiger partial charge < -0.3 is 10.4 Å². The molecule has 1 aliphatic carbocycles. The maximum absolute atomic E-state index is 12.7. The number of hydrogen-bond acceptors (Lipinski definition) is 5. The molecule has 2 bridgehead atoms. The number of hydrogen-bond donors (Lipinski definition) is 2. The monoisotopic (exact) mass is 370 g/mol. The summed E-state index contributed by atoms with van der Waals surface area (Å²) in [6.07, 6.45) is -0.328. The molecular weight excluding hydrogens is 360 g/mol. The number of rotatable bonds is 1. The van der Waals surface area contributed by atoms with E-state index in [4.69, 9.17) is 0 Å². The maximum atomic E-state index is 12.7. The standard InChI is InChI=1S/C16H11BrN4O2/c17-12-11(10-4-2-1-3-5-10)15(9-20)13(22)21-16(12,23)6-14(15,7-18)8-19/h1-5,11-12,23H,6H2,(H,21,22)/t11-,12-,15-,16+/m0/s1. The molecule has 3 aliphatic rings. The highest BCUT2D eigenvalue weighted by Gasteiger charge is 2.77. The second-order valence-electron chi connectivity index (χ2n) is 5.89. The molecule has 0 radical (unpaired) electrons. The zero-order chi connectivity index (χ0) is 16.9. The van der Waals surface area contributed by atoms with E-state index in [9.17, 15) is 25.7 Å². The fraction of sp³-hybridized carbons (Fsp3) is 0.375. The van der Waals surface area contributed by atoms with Crippen LogP contribution in [0.3, 0.4) is 0 Å². The maximum Gasteiger partial charge on any atom is 0.246 e. The molecule has 0 unspecified atom stereocenters. The van der Waals surface area contributed by atoms with Crippen molar-refractivity contribution in [3.63, 3.8) is 0 Å². The van der Waals surface area contributed by atoms with Crippen LogP contribution in [0.5, 0.6) is 0 Å². The number of nitrogens with one attached hydrogen (secondary N) is 1. The number of aliphatic hydroxyl groups is 1. The van der Waals surface area contributed by atoms with E-state index in [2.05, 4.69) is 21.2 Å². The van der Waals surface area contributed by atoms with Crippen LogP contribution in [0.15, 0.2) is 30.3 Å². The first kappa shape index (κ1) is 15.5. The van der Waals surface area contributed by atoms with Gasteiger partial charge in [0.2, 0.25) is 5.91 Å². The quantitative estimate of drug-likeness (QED) is 0.721. The van der Waals surface area contributed by atoms with Gasteiger partial charge in [-0.3, -0.25) is 4.79 Å². The summed E-state index contributed by atoms with van der Waals surface area (Å²) < 4.78 is 0. The Labute approximate surface area is 141 Å². The molecule has 114 valence electrons. The Hall–Kier alpha value is -2.40. The Balaban J connectivity index is 2.36. The molecule has 2 saturated heterocycles. The van der Waals surface area contributed by atoms with Crippen LogP contribution >= 0.6 is 15.9 Å². The van der Waals surface area contributed by atoms with Crippen molar-refractivity contribution in [3.8, 4) is 18.2 Å². The summed E-state index contributed by atoms with van der Waals surface area (Å²) >= 11 is 3.38. The van der Waals surface area contributed by atoms with E-state index in [-0.39, 0.29) is 6.42 Å². The van der Waals surface area contributed by atoms with Gasteiger partial charge in [-0.2, -0.15) is 15.8 Å². The van der Waals surface area contributed by atoms with Gasteiger partial charge in [0.1, 0.15) is 0 Å². The van der Waals surface area contributed by atoms with Crippen molar-refractivity contribution in [3.05, 3.63) is 35.9 Å². The number of nitrogens with zero attached hydrogens (tertiary/aromatic N) is 3. The number of alkyl halides is 1. The van der Waals surface area contributed by atoms with E-state index in [0.29, 0.717) is 5.56 Å². The van der Waals surface area contributed by atoms with Crippen LogP contribution in [-0.2, 0) is 4.79 Å². The number of benzene rings is 1. The Bertz CT molecular complexity index is 792. The highest BCUT2D eigenvalue weighted by Crippen LogP contribution is 2.64. The van der Waals surface area contributed by atoms with Gasteiger partial charge in [0.25, 0.3) is 0 Å². The zero-order valence-electron chi connectivity index (χ0n) is 11.8. The molecule has 2 aliphatic heterocycles. The van der Waals surface area contributed by atoms with Crippen molar-refractivity contribution in [2.45, 2.75) is 22.9 Å². The minimum absolute atomic E-state index is 0.328. The molecule has 1 amide bonds. The number of halogens is 1. The normalized spacial score (nSPS) is 37.1. The predicted octanol–water partition coefficient (Wildman–Crippen LogP) is 1.30. The third-order valence-corrected chi connectivity index (χ3v) is 6.11. The molecule has 23 heavy (non-hydrogen) atoms. The molecule has 0 aromatic heterocycles. The Morgan fingerprint density at radius 2 is 1.78 bits per heavy atom. The topological polar surface area (TPSA) is 121 Å². The van der Waals surface area contributed by atoms with Gasteiger partial charge in [-0.05, 0) is 5.56 Å². The molecule has 1 saturated carbocycles. The van der Waals surface area contributed by atoms with Gasteiger partial charge in [0.05, 0.1) is 23.0 Å². The minimum atomic E-state index is -1.93. The lowest BCUT2D eigenvalue weighted by Gasteiger charge is -2.59. The average molecular weight is 371 g/mol. The molecule has 1 aromatic carbocycles. The lowest BCUT2D eigenvalue weighted by molar-refractivity contribution is -0.172. The number of piperidine rings is 2. The van der Waals surface area contributed by atoms with E-state index in [1.165, 1.54) is 0 Å². The molecule has 0 spiro atoms. The molecular formula is C16H11BrN4O2. The number of carbonyl (C=O) groups excluding carboxylic acids is 1. The summed E-state index contributed by atoms with van der Waals surface area (Å²) in [5.41, 5.74) is -5.00. The Morgan fingerprint density at radius 1 is 1.17 bits per heavy atom. The molecule has 3 fully saturated rings. The molecule has 2 N–H and O–H groups in total. The van der Waals surface area contributed by atoms with E-state index in [0.717, 1.165) is 0 Å². The molecule has 1 aromatic rings. The zero-order valence-corrected chi connectivity index (χ0v) is 13.4. The van der Waals surface area contributed by atoms with Crippen molar-refractivity contribution < 1.29 is 9.90 Å². The van der Waals surface area contributed by atoms with Gasteiger partial charge in [-0.25, -0.2) is 0 Å². The van der Waals surface area contributed by atoms with Crippen LogP contribution in [-0.4, -0.2) is 21.6 Å². The fourth-order valence-electron chi connectivity index (χ4n) is 3.72. The largest absolute Gasteiger partial charge is 0.370 e. The summed E-state index contributed by atoms with van der Waals surface area (Å²) in [4.78, 5) is 12.0. The average Bonchev–Trinajstić information content (AvgIpc) is 2.56. The Morgan fingerprint density at radius 3 is 2.30 bits per heavy atom. The Kier molecular flexibility index (Phi) is 3.23. The van der Waals surface area contributed by atoms with Crippen LogP contribution in [0, 0.1) is 44.8 Å². The van der Waals surface area contributed by atoms with Crippen LogP contribution in [0.4, 0.5) is 0 Å². The smallest absolute Gasteiger partial charge is 0.246 e. The van der Waals surface area contributed by atoms with E-state index in [1.807, 2.05) is 18.2 Å². The number of nitriles is 3. The van der Waals surface area contributed by atoms with E-state index >= 15 is 0 Å². The predicted molar refractivity (Wildman–Crippen MR) is 81.3 cm³/mol. The number of carbonyl (C=O) groups is 1. The molecule has 4 atom stereocenters. The second-order valence-corrected chi connectivity index (χ2v) is 6.88. The summed E-state index contributed by atoms with van der Waals surface area (Å²) in [5.74, 6) is -1.62. The third-order valence-electron chi connectivity index (χ3n) is 4.83. The van der Waals surface area contributed by atoms with Crippen LogP contribution in [0.25, 0.3) is 0 Å². The first-order chi connectivity index (χ1) is 10.9. The lowest BCUT2D eigenvalue weighted by Crippen LogP contribution is -2.77. The molecule has 7 heteroatoms. The second kappa shape index (κ2) is 4.80. The number of amides is 1. The minimum Gasteiger partial charge on any atom is -0.370 e. The van der Waals surface area contributed by atoms with Gasteiger partial charge in [0, 0.05) is 12.3 Å². The van der Waals surface area contributed by atoms with Gasteiger partial charge in [-0.1, -0.05) is 46.3 Å². The first-order valence-electron chi connectivity index (χ1n) is 6.88. The van der Waals surface area contributed by atoms with Crippen LogP contribution in [0.2, 0.25) is 0 Å². The van der Waals surface area contributed by atoms with Crippen LogP contribution in [0.1, 0.15) is 17.9 Å². The summed E-state index contributed by atoms with van der Waals surface area (Å²) in [6.45, 7) is 0. The highest BCUT2D eigenvalue weighted by atomic mass is 79.9. The van der Waals surface area contributed by atoms with Crippen molar-refractivity contribution in [2.24, 2.45) is 10.8 Å². The van der Waals surface area contributed by atoms with E-state index in [1.54, 1.807) is 30.3 Å². The first-order valence-corrected chi connectivity index (χ1v) is 7.80. The van der Waals surface area contributed by atoms with E-state index < -0.39 is 33.2 Å². The molecule has 4 rings (SSSR count). The van der Waals surface area contributed by atoms with Crippen molar-refractivity contribution in [1.82, 2.24) is 5.32 Å². The lowest BCUT2D eigenvalue weighted by atomic mass is 9.47. The van der Waals surface area contributed by atoms with Gasteiger partial charge in [0.15, 0.2) is 16.6 Å². The third kappa shape index (κ3) is 1.65. The fourth-order valence-corrected chi connectivity index (χ4v) is 4.70.